The molecule has 0 aliphatic carbocycles. The van der Waals surface area contributed by atoms with Crippen LogP contribution in [0.1, 0.15) is 62.6 Å². The lowest BCUT2D eigenvalue weighted by molar-refractivity contribution is -0.134. The molecule has 4 atom stereocenters. The average Bonchev–Trinajstić information content (AvgIpc) is 3.85. The first-order valence-corrected chi connectivity index (χ1v) is 18.9. The van der Waals surface area contributed by atoms with Gasteiger partial charge in [-0.3, -0.25) is 33.8 Å². The van der Waals surface area contributed by atoms with Crippen LogP contribution in [0, 0.1) is 18.6 Å². The van der Waals surface area contributed by atoms with Crippen molar-refractivity contribution >= 4 is 34.7 Å². The second-order valence-corrected chi connectivity index (χ2v) is 15.0. The van der Waals surface area contributed by atoms with Crippen molar-refractivity contribution in [3.05, 3.63) is 90.1 Å². The van der Waals surface area contributed by atoms with Gasteiger partial charge in [0.25, 0.3) is 0 Å². The van der Waals surface area contributed by atoms with Crippen molar-refractivity contribution in [2.24, 2.45) is 0 Å². The number of hydrogen-bond acceptors (Lipinski definition) is 9. The van der Waals surface area contributed by atoms with Crippen molar-refractivity contribution in [3.63, 3.8) is 0 Å². The van der Waals surface area contributed by atoms with Crippen LogP contribution in [0.5, 0.6) is 0 Å². The first kappa shape index (κ1) is 35.8. The standard InChI is InChI=1S/C40H46F2N10O2/c1-25-18-33(35(42)20-34(25)41)36-22-44-38(39-43-11-13-51(36)39)46-29-21-45-52(24-29)31-10-12-48(26(2)19-31)14-15-49-16-17-50(23-27(49)3)30-6-4-28(5-7-30)32-8-9-37(53)47-40(32)54/h4-7,11,13,18,20-22,24,26-27,31-32H,8-10,12,14-17,19,23H2,1-3H3,(H,44,46)(H,47,53,54)/t26-,27-,31-,32?/m0/s1. The number of imidazole rings is 1. The minimum atomic E-state index is -0.654. The van der Waals surface area contributed by atoms with Gasteiger partial charge in [-0.05, 0) is 69.4 Å². The van der Waals surface area contributed by atoms with Crippen LogP contribution in [0.3, 0.4) is 0 Å². The van der Waals surface area contributed by atoms with E-state index < -0.39 is 11.6 Å². The van der Waals surface area contributed by atoms with Crippen LogP contribution < -0.4 is 15.5 Å². The summed E-state index contributed by atoms with van der Waals surface area (Å²) in [5.74, 6) is -1.36. The molecular weight excluding hydrogens is 691 g/mol. The third-order valence-corrected chi connectivity index (χ3v) is 11.5. The highest BCUT2D eigenvalue weighted by atomic mass is 19.1. The Bertz CT molecular complexity index is 2170. The molecule has 0 saturated carbocycles. The molecule has 6 heterocycles. The second-order valence-electron chi connectivity index (χ2n) is 15.0. The van der Waals surface area contributed by atoms with Gasteiger partial charge in [0, 0.05) is 93.7 Å². The number of anilines is 3. The van der Waals surface area contributed by atoms with E-state index in [1.807, 2.05) is 23.0 Å². The molecule has 8 rings (SSSR count). The Kier molecular flexibility index (Phi) is 9.88. The molecule has 3 aromatic heterocycles. The topological polar surface area (TPSA) is 116 Å². The number of aryl methyl sites for hydroxylation is 1. The first-order valence-electron chi connectivity index (χ1n) is 18.9. The van der Waals surface area contributed by atoms with Crippen LogP contribution in [-0.4, -0.2) is 97.1 Å². The normalized spacial score (nSPS) is 22.9. The third-order valence-electron chi connectivity index (χ3n) is 11.5. The molecule has 3 saturated heterocycles. The zero-order valence-corrected chi connectivity index (χ0v) is 30.9. The summed E-state index contributed by atoms with van der Waals surface area (Å²) in [7, 11) is 0. The van der Waals surface area contributed by atoms with Crippen molar-refractivity contribution in [2.45, 2.75) is 70.5 Å². The predicted octanol–water partition coefficient (Wildman–Crippen LogP) is 5.68. The van der Waals surface area contributed by atoms with E-state index in [2.05, 4.69) is 61.3 Å². The number of carbonyl (C=O) groups excluding carboxylic acids is 2. The van der Waals surface area contributed by atoms with Gasteiger partial charge in [0.05, 0.1) is 35.7 Å². The van der Waals surface area contributed by atoms with Crippen molar-refractivity contribution in [3.8, 4) is 11.3 Å². The Hall–Kier alpha value is -5.21. The summed E-state index contributed by atoms with van der Waals surface area (Å²) in [6.07, 6.45) is 11.7. The van der Waals surface area contributed by atoms with E-state index >= 15 is 0 Å². The zero-order chi connectivity index (χ0) is 37.5. The lowest BCUT2D eigenvalue weighted by atomic mass is 9.90. The number of fused-ring (bicyclic) bond motifs is 1. The highest BCUT2D eigenvalue weighted by molar-refractivity contribution is 6.01. The second kappa shape index (κ2) is 14.9. The number of likely N-dealkylation sites (tertiary alicyclic amines) is 1. The summed E-state index contributed by atoms with van der Waals surface area (Å²) in [6.45, 7) is 12.2. The molecule has 2 aromatic carbocycles. The molecule has 5 aromatic rings. The van der Waals surface area contributed by atoms with Gasteiger partial charge < -0.3 is 10.2 Å². The predicted molar refractivity (Wildman–Crippen MR) is 203 cm³/mol. The number of rotatable bonds is 9. The number of piperazine rings is 1. The van der Waals surface area contributed by atoms with Crippen LogP contribution in [-0.2, 0) is 9.59 Å². The fraction of sp³-hybridized carbons (Fsp3) is 0.425. The van der Waals surface area contributed by atoms with E-state index in [0.29, 0.717) is 47.6 Å². The third kappa shape index (κ3) is 7.19. The summed E-state index contributed by atoms with van der Waals surface area (Å²) in [4.78, 5) is 40.5. The van der Waals surface area contributed by atoms with E-state index in [9.17, 15) is 18.4 Å². The molecule has 3 aliphatic rings. The number of carbonyl (C=O) groups is 2. The van der Waals surface area contributed by atoms with E-state index in [-0.39, 0.29) is 29.3 Å². The molecule has 2 N–H and O–H groups in total. The van der Waals surface area contributed by atoms with E-state index in [1.54, 1.807) is 36.1 Å². The Labute approximate surface area is 313 Å². The maximum Gasteiger partial charge on any atom is 0.234 e. The summed E-state index contributed by atoms with van der Waals surface area (Å²) in [5.41, 5.74) is 4.55. The molecule has 2 amide bonds. The maximum absolute atomic E-state index is 14.8. The van der Waals surface area contributed by atoms with Crippen LogP contribution in [0.15, 0.2) is 67.4 Å². The molecule has 12 nitrogen and oxygen atoms in total. The van der Waals surface area contributed by atoms with Gasteiger partial charge in [-0.2, -0.15) is 5.10 Å². The summed E-state index contributed by atoms with van der Waals surface area (Å²) in [5, 5.41) is 10.5. The number of hydrogen-bond donors (Lipinski definition) is 2. The summed E-state index contributed by atoms with van der Waals surface area (Å²) >= 11 is 0. The SMILES string of the molecule is Cc1cc(-c2cnc(Nc3cnn([C@H]4CCN(CCN5CCN(c6ccc(C7CCC(=O)NC7=O)cc6)C[C@@H]5C)[C@@H](C)C4)c3)c3nccn23)c(F)cc1F. The molecule has 1 unspecified atom stereocenters. The van der Waals surface area contributed by atoms with Crippen molar-refractivity contribution in [1.82, 2.24) is 39.3 Å². The largest absolute Gasteiger partial charge is 0.369 e. The molecule has 3 fully saturated rings. The van der Waals surface area contributed by atoms with Gasteiger partial charge in [0.2, 0.25) is 11.8 Å². The highest BCUT2D eigenvalue weighted by Crippen LogP contribution is 2.32. The quantitative estimate of drug-likeness (QED) is 0.185. The van der Waals surface area contributed by atoms with Gasteiger partial charge in [-0.1, -0.05) is 12.1 Å². The fourth-order valence-electron chi connectivity index (χ4n) is 8.31. The molecule has 3 aliphatic heterocycles. The average molecular weight is 737 g/mol. The number of amides is 2. The Balaban J connectivity index is 0.828. The van der Waals surface area contributed by atoms with E-state index in [1.165, 1.54) is 11.8 Å². The van der Waals surface area contributed by atoms with Crippen molar-refractivity contribution in [2.75, 3.05) is 49.5 Å². The van der Waals surface area contributed by atoms with Gasteiger partial charge in [-0.15, -0.1) is 0 Å². The number of halogens is 2. The van der Waals surface area contributed by atoms with Crippen LogP contribution in [0.4, 0.5) is 26.0 Å². The smallest absolute Gasteiger partial charge is 0.234 e. The van der Waals surface area contributed by atoms with Crippen LogP contribution in [0.2, 0.25) is 0 Å². The molecule has 54 heavy (non-hydrogen) atoms. The number of aromatic nitrogens is 5. The van der Waals surface area contributed by atoms with E-state index in [0.717, 1.165) is 69.4 Å². The van der Waals surface area contributed by atoms with Gasteiger partial charge in [0.15, 0.2) is 11.5 Å². The number of piperidine rings is 2. The summed E-state index contributed by atoms with van der Waals surface area (Å²) in [6, 6.07) is 11.8. The van der Waals surface area contributed by atoms with Gasteiger partial charge in [0.1, 0.15) is 11.6 Å². The van der Waals surface area contributed by atoms with Crippen molar-refractivity contribution in [1.29, 1.82) is 0 Å². The minimum Gasteiger partial charge on any atom is -0.369 e. The lowest BCUT2D eigenvalue weighted by Crippen LogP contribution is -2.54. The van der Waals surface area contributed by atoms with Crippen molar-refractivity contribution < 1.29 is 18.4 Å². The number of nitrogens with zero attached hydrogens (tertiary/aromatic N) is 8. The monoisotopic (exact) mass is 736 g/mol. The number of imide groups is 1. The Morgan fingerprint density at radius 1 is 0.926 bits per heavy atom. The molecule has 0 spiro atoms. The first-order chi connectivity index (χ1) is 26.1. The summed E-state index contributed by atoms with van der Waals surface area (Å²) < 4.78 is 32.5. The molecular formula is C40H46F2N10O2. The Morgan fingerprint density at radius 3 is 2.48 bits per heavy atom. The van der Waals surface area contributed by atoms with Crippen LogP contribution in [0.25, 0.3) is 16.9 Å². The zero-order valence-electron chi connectivity index (χ0n) is 30.9. The Morgan fingerprint density at radius 2 is 1.72 bits per heavy atom. The van der Waals surface area contributed by atoms with E-state index in [4.69, 9.17) is 5.10 Å². The van der Waals surface area contributed by atoms with Gasteiger partial charge >= 0.3 is 0 Å². The molecule has 0 radical (unpaired) electrons. The number of nitrogens with one attached hydrogen (secondary N) is 2. The maximum atomic E-state index is 14.8. The molecule has 14 heteroatoms. The van der Waals surface area contributed by atoms with Crippen LogP contribution >= 0.6 is 0 Å². The minimum absolute atomic E-state index is 0.187. The molecule has 0 bridgehead atoms. The van der Waals surface area contributed by atoms with Gasteiger partial charge in [-0.25, -0.2) is 18.7 Å². The fourth-order valence-corrected chi connectivity index (χ4v) is 8.31. The number of benzene rings is 2. The molecule has 282 valence electrons. The lowest BCUT2D eigenvalue weighted by Gasteiger charge is -2.43. The highest BCUT2D eigenvalue weighted by Gasteiger charge is 2.31.